The first-order valence-electron chi connectivity index (χ1n) is 7.10. The van der Waals surface area contributed by atoms with Crippen molar-refractivity contribution in [2.24, 2.45) is 0 Å². The lowest BCUT2D eigenvalue weighted by Gasteiger charge is -2.42. The maximum absolute atomic E-state index is 12.8. The van der Waals surface area contributed by atoms with Crippen LogP contribution in [0.5, 0.6) is 0 Å². The van der Waals surface area contributed by atoms with Crippen molar-refractivity contribution in [3.63, 3.8) is 0 Å². The number of nitrogens with zero attached hydrogens (tertiary/aromatic N) is 2. The van der Waals surface area contributed by atoms with Crippen molar-refractivity contribution >= 4 is 11.8 Å². The number of amides is 2. The molecule has 1 aromatic carbocycles. The maximum atomic E-state index is 12.8. The minimum atomic E-state index is -0.319. The smallest absolute Gasteiger partial charge is 0.242 e. The largest absolute Gasteiger partial charge is 0.335 e. The van der Waals surface area contributed by atoms with E-state index in [1.54, 1.807) is 21.9 Å². The fraction of sp³-hybridized carbons (Fsp3) is 0.500. The van der Waals surface area contributed by atoms with Crippen molar-refractivity contribution in [2.75, 3.05) is 19.6 Å². The molecule has 0 spiro atoms. The molecule has 0 bridgehead atoms. The van der Waals surface area contributed by atoms with Crippen molar-refractivity contribution in [1.82, 2.24) is 9.80 Å². The minimum Gasteiger partial charge on any atom is -0.335 e. The lowest BCUT2D eigenvalue weighted by atomic mass is 10.0. The van der Waals surface area contributed by atoms with Gasteiger partial charge in [-0.15, -0.1) is 0 Å². The van der Waals surface area contributed by atoms with Crippen molar-refractivity contribution in [1.29, 1.82) is 0 Å². The Hall–Kier alpha value is -1.91. The molecule has 114 valence electrons. The third-order valence-corrected chi connectivity index (χ3v) is 3.65. The van der Waals surface area contributed by atoms with Crippen molar-refractivity contribution in [3.8, 4) is 0 Å². The molecule has 0 aromatic heterocycles. The van der Waals surface area contributed by atoms with E-state index >= 15 is 0 Å². The second-order valence-corrected chi connectivity index (χ2v) is 6.33. The molecule has 0 unspecified atom stereocenters. The van der Waals surface area contributed by atoms with Gasteiger partial charge in [0.05, 0.1) is 13.0 Å². The maximum Gasteiger partial charge on any atom is 0.242 e. The third kappa shape index (κ3) is 3.80. The highest BCUT2D eigenvalue weighted by Crippen LogP contribution is 2.17. The number of carbonyl (C=O) groups excluding carboxylic acids is 2. The highest BCUT2D eigenvalue weighted by Gasteiger charge is 2.33. The van der Waals surface area contributed by atoms with Crippen LogP contribution in [0.4, 0.5) is 4.39 Å². The lowest BCUT2D eigenvalue weighted by molar-refractivity contribution is -0.148. The number of piperazine rings is 1. The van der Waals surface area contributed by atoms with Gasteiger partial charge in [-0.2, -0.15) is 0 Å². The summed E-state index contributed by atoms with van der Waals surface area (Å²) in [5.74, 6) is -0.440. The number of hydrogen-bond donors (Lipinski definition) is 0. The molecule has 1 aromatic rings. The zero-order chi connectivity index (χ0) is 15.6. The summed E-state index contributed by atoms with van der Waals surface area (Å²) in [6, 6.07) is 5.87. The van der Waals surface area contributed by atoms with Crippen LogP contribution < -0.4 is 0 Å². The summed E-state index contributed by atoms with van der Waals surface area (Å²) in [7, 11) is 0. The van der Waals surface area contributed by atoms with E-state index in [0.717, 1.165) is 5.56 Å². The van der Waals surface area contributed by atoms with E-state index in [9.17, 15) is 14.0 Å². The average molecular weight is 292 g/mol. The zero-order valence-electron chi connectivity index (χ0n) is 12.7. The summed E-state index contributed by atoms with van der Waals surface area (Å²) in [6.07, 6.45) is 0.197. The molecule has 4 nitrogen and oxygen atoms in total. The van der Waals surface area contributed by atoms with Crippen LogP contribution in [0.1, 0.15) is 26.3 Å². The predicted octanol–water partition coefficient (Wildman–Crippen LogP) is 1.84. The Balaban J connectivity index is 1.96. The Bertz CT molecular complexity index is 534. The van der Waals surface area contributed by atoms with Crippen LogP contribution in [-0.4, -0.2) is 46.8 Å². The van der Waals surface area contributed by atoms with Crippen LogP contribution in [0, 0.1) is 5.82 Å². The highest BCUT2D eigenvalue weighted by molar-refractivity contribution is 5.87. The molecule has 0 atom stereocenters. The molecule has 21 heavy (non-hydrogen) atoms. The first kappa shape index (κ1) is 15.5. The van der Waals surface area contributed by atoms with E-state index in [1.807, 2.05) is 20.8 Å². The lowest BCUT2D eigenvalue weighted by Crippen LogP contribution is -2.58. The van der Waals surface area contributed by atoms with E-state index in [1.165, 1.54) is 12.1 Å². The van der Waals surface area contributed by atoms with Gasteiger partial charge in [0, 0.05) is 18.6 Å². The predicted molar refractivity (Wildman–Crippen MR) is 78.2 cm³/mol. The van der Waals surface area contributed by atoms with E-state index < -0.39 is 0 Å². The molecule has 5 heteroatoms. The van der Waals surface area contributed by atoms with E-state index in [-0.39, 0.29) is 36.1 Å². The number of rotatable bonds is 2. The molecule has 1 heterocycles. The number of hydrogen-bond acceptors (Lipinski definition) is 2. The van der Waals surface area contributed by atoms with Crippen LogP contribution in [0.25, 0.3) is 0 Å². The van der Waals surface area contributed by atoms with Gasteiger partial charge in [-0.05, 0) is 38.5 Å². The summed E-state index contributed by atoms with van der Waals surface area (Å²) < 4.78 is 12.8. The topological polar surface area (TPSA) is 40.6 Å². The van der Waals surface area contributed by atoms with Crippen molar-refractivity contribution in [2.45, 2.75) is 32.7 Å². The molecule has 2 amide bonds. The van der Waals surface area contributed by atoms with Gasteiger partial charge in [-0.1, -0.05) is 12.1 Å². The SMILES string of the molecule is CC(C)(C)N1CCN(C(=O)Cc2ccc(F)cc2)CC1=O. The molecule has 0 aliphatic carbocycles. The van der Waals surface area contributed by atoms with Gasteiger partial charge in [0.25, 0.3) is 0 Å². The van der Waals surface area contributed by atoms with E-state index in [4.69, 9.17) is 0 Å². The van der Waals surface area contributed by atoms with Crippen LogP contribution >= 0.6 is 0 Å². The van der Waals surface area contributed by atoms with Crippen LogP contribution in [0.15, 0.2) is 24.3 Å². The van der Waals surface area contributed by atoms with Gasteiger partial charge in [0.1, 0.15) is 5.82 Å². The zero-order valence-corrected chi connectivity index (χ0v) is 12.7. The van der Waals surface area contributed by atoms with Gasteiger partial charge in [0.2, 0.25) is 11.8 Å². The molecule has 0 N–H and O–H groups in total. The second kappa shape index (κ2) is 5.84. The van der Waals surface area contributed by atoms with Crippen molar-refractivity contribution < 1.29 is 14.0 Å². The fourth-order valence-electron chi connectivity index (χ4n) is 2.48. The van der Waals surface area contributed by atoms with Gasteiger partial charge < -0.3 is 9.80 Å². The second-order valence-electron chi connectivity index (χ2n) is 6.33. The Kier molecular flexibility index (Phi) is 4.30. The van der Waals surface area contributed by atoms with Crippen molar-refractivity contribution in [3.05, 3.63) is 35.6 Å². The third-order valence-electron chi connectivity index (χ3n) is 3.65. The van der Waals surface area contributed by atoms with Crippen LogP contribution in [0.3, 0.4) is 0 Å². The summed E-state index contributed by atoms with van der Waals surface area (Å²) in [4.78, 5) is 27.7. The molecule has 1 fully saturated rings. The highest BCUT2D eigenvalue weighted by atomic mass is 19.1. The molecule has 1 aliphatic rings. The molecule has 0 radical (unpaired) electrons. The fourth-order valence-corrected chi connectivity index (χ4v) is 2.48. The summed E-state index contributed by atoms with van der Waals surface area (Å²) in [6.45, 7) is 7.18. The minimum absolute atomic E-state index is 0.0267. The molecular formula is C16H21FN2O2. The van der Waals surface area contributed by atoms with Crippen LogP contribution in [0.2, 0.25) is 0 Å². The van der Waals surface area contributed by atoms with E-state index in [0.29, 0.717) is 13.1 Å². The normalized spacial score (nSPS) is 16.3. The average Bonchev–Trinajstić information content (AvgIpc) is 2.39. The standard InChI is InChI=1S/C16H21FN2O2/c1-16(2,3)19-9-8-18(11-15(19)21)14(20)10-12-4-6-13(17)7-5-12/h4-7H,8-11H2,1-3H3. The molecule has 2 rings (SSSR count). The first-order chi connectivity index (χ1) is 9.77. The van der Waals surface area contributed by atoms with E-state index in [2.05, 4.69) is 0 Å². The quantitative estimate of drug-likeness (QED) is 0.834. The summed E-state index contributed by atoms with van der Waals surface area (Å²) >= 11 is 0. The molecule has 0 saturated carbocycles. The molecule has 1 saturated heterocycles. The number of carbonyl (C=O) groups is 2. The number of benzene rings is 1. The van der Waals surface area contributed by atoms with Gasteiger partial charge in [-0.3, -0.25) is 9.59 Å². The Morgan fingerprint density at radius 3 is 2.33 bits per heavy atom. The summed E-state index contributed by atoms with van der Waals surface area (Å²) in [5.41, 5.74) is 0.538. The Morgan fingerprint density at radius 1 is 1.19 bits per heavy atom. The Labute approximate surface area is 124 Å². The molecule has 1 aliphatic heterocycles. The van der Waals surface area contributed by atoms with Gasteiger partial charge in [0.15, 0.2) is 0 Å². The molecular weight excluding hydrogens is 271 g/mol. The van der Waals surface area contributed by atoms with Crippen LogP contribution in [-0.2, 0) is 16.0 Å². The van der Waals surface area contributed by atoms with Gasteiger partial charge in [-0.25, -0.2) is 4.39 Å². The monoisotopic (exact) mass is 292 g/mol. The Morgan fingerprint density at radius 2 is 1.81 bits per heavy atom. The summed E-state index contributed by atoms with van der Waals surface area (Å²) in [5, 5.41) is 0. The van der Waals surface area contributed by atoms with Gasteiger partial charge >= 0.3 is 0 Å². The number of halogens is 1. The first-order valence-corrected chi connectivity index (χ1v) is 7.10.